The molecule has 5 atom stereocenters. The van der Waals surface area contributed by atoms with Crippen LogP contribution in [0.5, 0.6) is 0 Å². The molecule has 10 heteroatoms. The fourth-order valence-corrected chi connectivity index (χ4v) is 8.84. The minimum absolute atomic E-state index is 0.0121. The Morgan fingerprint density at radius 2 is 1.55 bits per heavy atom. The highest BCUT2D eigenvalue weighted by Crippen LogP contribution is 2.40. The maximum atomic E-state index is 15.0. The first kappa shape index (κ1) is 34.7. The van der Waals surface area contributed by atoms with Crippen LogP contribution in [0.2, 0.25) is 5.02 Å². The largest absolute Gasteiger partial charge is 0.368 e. The minimum atomic E-state index is -0.576. The monoisotopic (exact) mass is 669 g/mol. The van der Waals surface area contributed by atoms with Gasteiger partial charge in [0.2, 0.25) is 11.8 Å². The molecule has 0 radical (unpaired) electrons. The zero-order valence-corrected chi connectivity index (χ0v) is 30.0. The van der Waals surface area contributed by atoms with Crippen LogP contribution in [0.15, 0.2) is 24.3 Å². The highest BCUT2D eigenvalue weighted by Gasteiger charge is 2.51. The molecule has 1 saturated carbocycles. The second-order valence-electron chi connectivity index (χ2n) is 16.0. The standard InChI is InChI=1S/C37H56ClN5O4/c1-25-8-14-28(15-9-25)43(36(46)33-7-6-20-47-33)29-21-32(35(45)40-18-16-39(5)17-19-40)42(22-29)34(44)31-24-41(37(2,3)4)23-30(31)26-10-12-27(38)13-11-26/h10-13,25,28-33H,6-9,14-24H2,1-5H3. The third-order valence-electron chi connectivity index (χ3n) is 11.8. The Balaban J connectivity index is 1.32. The third kappa shape index (κ3) is 7.53. The number of piperazine rings is 1. The van der Waals surface area contributed by atoms with Crippen molar-refractivity contribution in [3.63, 3.8) is 0 Å². The second-order valence-corrected chi connectivity index (χ2v) is 16.5. The maximum Gasteiger partial charge on any atom is 0.252 e. The molecule has 3 amide bonds. The number of ether oxygens (including phenoxy) is 1. The van der Waals surface area contributed by atoms with Crippen LogP contribution in [-0.2, 0) is 19.1 Å². The quantitative estimate of drug-likeness (QED) is 0.445. The molecule has 47 heavy (non-hydrogen) atoms. The lowest BCUT2D eigenvalue weighted by Gasteiger charge is -2.41. The molecular weight excluding hydrogens is 614 g/mol. The first-order chi connectivity index (χ1) is 22.4. The van der Waals surface area contributed by atoms with Gasteiger partial charge in [0.15, 0.2) is 0 Å². The Labute approximate surface area is 286 Å². The van der Waals surface area contributed by atoms with Gasteiger partial charge in [-0.05, 0) is 96.4 Å². The molecule has 0 bridgehead atoms. The Morgan fingerprint density at radius 3 is 2.17 bits per heavy atom. The highest BCUT2D eigenvalue weighted by molar-refractivity contribution is 6.30. The van der Waals surface area contributed by atoms with Crippen LogP contribution >= 0.6 is 11.6 Å². The number of likely N-dealkylation sites (tertiary alicyclic amines) is 2. The predicted molar refractivity (Wildman–Crippen MR) is 184 cm³/mol. The highest BCUT2D eigenvalue weighted by atomic mass is 35.5. The summed E-state index contributed by atoms with van der Waals surface area (Å²) in [7, 11) is 2.08. The van der Waals surface area contributed by atoms with Crippen LogP contribution in [0.4, 0.5) is 0 Å². The number of amides is 3. The van der Waals surface area contributed by atoms with Crippen molar-refractivity contribution in [2.75, 3.05) is 59.5 Å². The van der Waals surface area contributed by atoms with E-state index in [9.17, 15) is 9.59 Å². The van der Waals surface area contributed by atoms with E-state index in [1.165, 1.54) is 0 Å². The van der Waals surface area contributed by atoms with Gasteiger partial charge in [0, 0.05) is 74.9 Å². The lowest BCUT2D eigenvalue weighted by Crippen LogP contribution is -2.54. The maximum absolute atomic E-state index is 15.0. The van der Waals surface area contributed by atoms with E-state index < -0.39 is 12.1 Å². The van der Waals surface area contributed by atoms with Gasteiger partial charge < -0.3 is 24.3 Å². The van der Waals surface area contributed by atoms with Gasteiger partial charge >= 0.3 is 0 Å². The lowest BCUT2D eigenvalue weighted by molar-refractivity contribution is -0.148. The van der Waals surface area contributed by atoms with Gasteiger partial charge in [-0.3, -0.25) is 19.3 Å². The molecule has 0 N–H and O–H groups in total. The Morgan fingerprint density at radius 1 is 0.872 bits per heavy atom. The van der Waals surface area contributed by atoms with E-state index in [0.29, 0.717) is 50.1 Å². The van der Waals surface area contributed by atoms with Gasteiger partial charge in [0.25, 0.3) is 5.91 Å². The van der Waals surface area contributed by atoms with E-state index in [-0.39, 0.29) is 47.2 Å². The molecule has 0 aromatic heterocycles. The molecule has 4 saturated heterocycles. The molecule has 1 aromatic carbocycles. The number of hydrogen-bond donors (Lipinski definition) is 0. The zero-order chi connectivity index (χ0) is 33.5. The van der Waals surface area contributed by atoms with E-state index in [0.717, 1.165) is 63.7 Å². The van der Waals surface area contributed by atoms with Crippen LogP contribution in [-0.4, -0.2) is 131 Å². The zero-order valence-electron chi connectivity index (χ0n) is 29.2. The van der Waals surface area contributed by atoms with Crippen molar-refractivity contribution in [1.29, 1.82) is 0 Å². The van der Waals surface area contributed by atoms with Crippen molar-refractivity contribution >= 4 is 29.3 Å². The molecule has 5 aliphatic rings. The fourth-order valence-electron chi connectivity index (χ4n) is 8.71. The molecule has 5 unspecified atom stereocenters. The smallest absolute Gasteiger partial charge is 0.252 e. The molecule has 9 nitrogen and oxygen atoms in total. The van der Waals surface area contributed by atoms with Crippen molar-refractivity contribution in [1.82, 2.24) is 24.5 Å². The average Bonchev–Trinajstić information content (AvgIpc) is 3.83. The number of likely N-dealkylation sites (N-methyl/N-ethyl adjacent to an activating group) is 1. The number of rotatable bonds is 6. The number of carbonyl (C=O) groups excluding carboxylic acids is 3. The van der Waals surface area contributed by atoms with Gasteiger partial charge in [-0.2, -0.15) is 0 Å². The van der Waals surface area contributed by atoms with E-state index in [2.05, 4.69) is 49.4 Å². The molecule has 1 aromatic rings. The summed E-state index contributed by atoms with van der Waals surface area (Å²) in [5.41, 5.74) is 0.994. The Bertz CT molecular complexity index is 1260. The van der Waals surface area contributed by atoms with Crippen LogP contribution in [0.25, 0.3) is 0 Å². The minimum Gasteiger partial charge on any atom is -0.368 e. The number of benzene rings is 1. The summed E-state index contributed by atoms with van der Waals surface area (Å²) in [4.78, 5) is 54.3. The molecular formula is C37H56ClN5O4. The molecule has 0 spiro atoms. The predicted octanol–water partition coefficient (Wildman–Crippen LogP) is 4.48. The second kappa shape index (κ2) is 14.3. The fraction of sp³-hybridized carbons (Fsp3) is 0.757. The summed E-state index contributed by atoms with van der Waals surface area (Å²) in [6.45, 7) is 14.3. The van der Waals surface area contributed by atoms with E-state index in [4.69, 9.17) is 16.3 Å². The third-order valence-corrected chi connectivity index (χ3v) is 12.0. The SMILES string of the molecule is CC1CCC(N(C(=O)C2CCCO2)C2CC(C(=O)N3CCN(C)CC3)N(C(=O)C3CN(C(C)(C)C)CC3c3ccc(Cl)cc3)C2)CC1. The molecule has 5 fully saturated rings. The van der Waals surface area contributed by atoms with Crippen molar-refractivity contribution < 1.29 is 19.1 Å². The van der Waals surface area contributed by atoms with Gasteiger partial charge in [-0.15, -0.1) is 0 Å². The summed E-state index contributed by atoms with van der Waals surface area (Å²) >= 11 is 6.28. The van der Waals surface area contributed by atoms with E-state index in [1.807, 2.05) is 34.1 Å². The van der Waals surface area contributed by atoms with Crippen LogP contribution in [0.1, 0.15) is 84.1 Å². The number of halogens is 1. The molecule has 260 valence electrons. The molecule has 1 aliphatic carbocycles. The summed E-state index contributed by atoms with van der Waals surface area (Å²) in [6, 6.07) is 7.24. The van der Waals surface area contributed by atoms with Crippen LogP contribution in [0.3, 0.4) is 0 Å². The van der Waals surface area contributed by atoms with Crippen molar-refractivity contribution in [3.05, 3.63) is 34.9 Å². The molecule has 4 aliphatic heterocycles. The molecule has 4 heterocycles. The van der Waals surface area contributed by atoms with Crippen LogP contribution in [0, 0.1) is 11.8 Å². The van der Waals surface area contributed by atoms with E-state index in [1.54, 1.807) is 0 Å². The Hall–Kier alpha value is -2.20. The number of nitrogens with zero attached hydrogens (tertiary/aromatic N) is 5. The number of hydrogen-bond acceptors (Lipinski definition) is 6. The summed E-state index contributed by atoms with van der Waals surface area (Å²) in [5, 5.41) is 0.677. The first-order valence-corrected chi connectivity index (χ1v) is 18.5. The molecule has 6 rings (SSSR count). The van der Waals surface area contributed by atoms with Crippen molar-refractivity contribution in [2.45, 2.75) is 108 Å². The Kier molecular flexibility index (Phi) is 10.6. The first-order valence-electron chi connectivity index (χ1n) is 18.1. The van der Waals surface area contributed by atoms with Gasteiger partial charge in [-0.25, -0.2) is 0 Å². The number of carbonyl (C=O) groups is 3. The lowest BCUT2D eigenvalue weighted by atomic mass is 9.85. The van der Waals surface area contributed by atoms with Crippen LogP contribution < -0.4 is 0 Å². The van der Waals surface area contributed by atoms with Gasteiger partial charge in [0.05, 0.1) is 12.0 Å². The normalized spacial score (nSPS) is 32.6. The van der Waals surface area contributed by atoms with Crippen molar-refractivity contribution in [2.24, 2.45) is 11.8 Å². The topological polar surface area (TPSA) is 76.6 Å². The average molecular weight is 670 g/mol. The van der Waals surface area contributed by atoms with Gasteiger partial charge in [0.1, 0.15) is 12.1 Å². The summed E-state index contributed by atoms with van der Waals surface area (Å²) in [5.74, 6) is 0.470. The summed E-state index contributed by atoms with van der Waals surface area (Å²) < 4.78 is 5.95. The van der Waals surface area contributed by atoms with Gasteiger partial charge in [-0.1, -0.05) is 30.7 Å². The van der Waals surface area contributed by atoms with Crippen molar-refractivity contribution in [3.8, 4) is 0 Å². The summed E-state index contributed by atoms with van der Waals surface area (Å²) in [6.07, 6.45) is 5.80. The van der Waals surface area contributed by atoms with E-state index >= 15 is 4.79 Å².